The zero-order chi connectivity index (χ0) is 13.1. The van der Waals surface area contributed by atoms with Gasteiger partial charge in [0.05, 0.1) is 0 Å². The van der Waals surface area contributed by atoms with Crippen LogP contribution in [0.1, 0.15) is 34.7 Å². The second kappa shape index (κ2) is 5.51. The third kappa shape index (κ3) is 2.90. The molecule has 6 nitrogen and oxygen atoms in total. The predicted octanol–water partition coefficient (Wildman–Crippen LogP) is 0.115. The van der Waals surface area contributed by atoms with Crippen LogP contribution in [0, 0.1) is 6.92 Å². The number of nitrogen functional groups attached to an aromatic ring is 1. The average Bonchev–Trinajstić information content (AvgIpc) is 2.70. The first-order valence-corrected chi connectivity index (χ1v) is 6.18. The third-order valence-corrected chi connectivity index (χ3v) is 3.31. The van der Waals surface area contributed by atoms with Gasteiger partial charge in [0.2, 0.25) is 0 Å². The largest absolute Gasteiger partial charge is 0.456 e. The summed E-state index contributed by atoms with van der Waals surface area (Å²) in [6, 6.07) is 2.00. The number of furan rings is 1. The Bertz CT molecular complexity index is 430. The molecule has 0 saturated carbocycles. The molecule has 0 bridgehead atoms. The maximum absolute atomic E-state index is 11.4. The van der Waals surface area contributed by atoms with Crippen molar-refractivity contribution in [3.8, 4) is 0 Å². The van der Waals surface area contributed by atoms with Gasteiger partial charge < -0.3 is 10.2 Å². The van der Waals surface area contributed by atoms with Crippen LogP contribution < -0.4 is 17.0 Å². The van der Waals surface area contributed by atoms with E-state index in [9.17, 15) is 4.79 Å². The van der Waals surface area contributed by atoms with Crippen LogP contribution in [0.25, 0.3) is 0 Å². The highest BCUT2D eigenvalue weighted by Crippen LogP contribution is 2.19. The SMILES string of the molecule is Cc1oc(C(=O)NN)cc1CN1CCCC(N)C1. The highest BCUT2D eigenvalue weighted by molar-refractivity contribution is 5.91. The van der Waals surface area contributed by atoms with Crippen LogP contribution in [0.4, 0.5) is 0 Å². The number of nitrogens with two attached hydrogens (primary N) is 2. The molecule has 1 unspecified atom stereocenters. The summed E-state index contributed by atoms with van der Waals surface area (Å²) >= 11 is 0. The van der Waals surface area contributed by atoms with Crippen molar-refractivity contribution in [3.05, 3.63) is 23.2 Å². The van der Waals surface area contributed by atoms with Crippen molar-refractivity contribution in [3.63, 3.8) is 0 Å². The van der Waals surface area contributed by atoms with Crippen LogP contribution in [0.2, 0.25) is 0 Å². The van der Waals surface area contributed by atoms with E-state index in [1.54, 1.807) is 6.07 Å². The smallest absolute Gasteiger partial charge is 0.300 e. The Morgan fingerprint density at radius 2 is 2.44 bits per heavy atom. The molecule has 2 rings (SSSR count). The van der Waals surface area contributed by atoms with Crippen molar-refractivity contribution >= 4 is 5.91 Å². The Hall–Kier alpha value is -1.37. The molecular formula is C12H20N4O2. The van der Waals surface area contributed by atoms with Crippen molar-refractivity contribution in [2.75, 3.05) is 13.1 Å². The molecular weight excluding hydrogens is 232 g/mol. The number of carbonyl (C=O) groups is 1. The van der Waals surface area contributed by atoms with Gasteiger partial charge in [-0.3, -0.25) is 15.1 Å². The van der Waals surface area contributed by atoms with Gasteiger partial charge in [0, 0.05) is 24.7 Å². The minimum absolute atomic E-state index is 0.248. The highest BCUT2D eigenvalue weighted by Gasteiger charge is 2.20. The van der Waals surface area contributed by atoms with E-state index in [0.29, 0.717) is 0 Å². The van der Waals surface area contributed by atoms with Crippen molar-refractivity contribution in [2.45, 2.75) is 32.4 Å². The van der Waals surface area contributed by atoms with Crippen molar-refractivity contribution in [1.29, 1.82) is 0 Å². The topological polar surface area (TPSA) is 97.5 Å². The quantitative estimate of drug-likeness (QED) is 0.403. The van der Waals surface area contributed by atoms with Gasteiger partial charge in [-0.2, -0.15) is 0 Å². The van der Waals surface area contributed by atoms with E-state index >= 15 is 0 Å². The molecule has 1 amide bonds. The molecule has 18 heavy (non-hydrogen) atoms. The van der Waals surface area contributed by atoms with Crippen molar-refractivity contribution in [1.82, 2.24) is 10.3 Å². The number of amides is 1. The molecule has 0 aliphatic carbocycles. The van der Waals surface area contributed by atoms with Crippen LogP contribution >= 0.6 is 0 Å². The lowest BCUT2D eigenvalue weighted by Gasteiger charge is -2.30. The van der Waals surface area contributed by atoms with Crippen LogP contribution in [0.5, 0.6) is 0 Å². The molecule has 1 aliphatic heterocycles. The minimum atomic E-state index is -0.403. The number of carbonyl (C=O) groups excluding carboxylic acids is 1. The number of piperidine rings is 1. The first-order chi connectivity index (χ1) is 8.60. The number of hydrogen-bond donors (Lipinski definition) is 3. The van der Waals surface area contributed by atoms with E-state index in [1.807, 2.05) is 6.92 Å². The van der Waals surface area contributed by atoms with Gasteiger partial charge in [0.1, 0.15) is 5.76 Å². The fraction of sp³-hybridized carbons (Fsp3) is 0.583. The molecule has 1 aliphatic rings. The summed E-state index contributed by atoms with van der Waals surface area (Å²) in [7, 11) is 0. The molecule has 0 aromatic carbocycles. The van der Waals surface area contributed by atoms with Crippen LogP contribution in [0.3, 0.4) is 0 Å². The van der Waals surface area contributed by atoms with E-state index in [2.05, 4.69) is 10.3 Å². The Kier molecular flexibility index (Phi) is 4.00. The average molecular weight is 252 g/mol. The van der Waals surface area contributed by atoms with Crippen LogP contribution in [0.15, 0.2) is 10.5 Å². The zero-order valence-corrected chi connectivity index (χ0v) is 10.6. The molecule has 5 N–H and O–H groups in total. The summed E-state index contributed by atoms with van der Waals surface area (Å²) in [6.07, 6.45) is 2.20. The molecule has 0 spiro atoms. The number of hydrogen-bond acceptors (Lipinski definition) is 5. The van der Waals surface area contributed by atoms with Gasteiger partial charge in [-0.05, 0) is 32.4 Å². The summed E-state index contributed by atoms with van der Waals surface area (Å²) < 4.78 is 5.39. The van der Waals surface area contributed by atoms with E-state index < -0.39 is 5.91 Å². The summed E-state index contributed by atoms with van der Waals surface area (Å²) in [5.41, 5.74) is 9.03. The van der Waals surface area contributed by atoms with Gasteiger partial charge in [0.15, 0.2) is 5.76 Å². The van der Waals surface area contributed by atoms with Gasteiger partial charge in [-0.15, -0.1) is 0 Å². The second-order valence-electron chi connectivity index (χ2n) is 4.80. The molecule has 1 fully saturated rings. The maximum Gasteiger partial charge on any atom is 0.300 e. The van der Waals surface area contributed by atoms with Crippen molar-refractivity contribution in [2.24, 2.45) is 11.6 Å². The molecule has 1 saturated heterocycles. The van der Waals surface area contributed by atoms with Gasteiger partial charge >= 0.3 is 5.91 Å². The number of nitrogens with one attached hydrogen (secondary N) is 1. The fourth-order valence-electron chi connectivity index (χ4n) is 2.34. The highest BCUT2D eigenvalue weighted by atomic mass is 16.4. The lowest BCUT2D eigenvalue weighted by atomic mass is 10.1. The Balaban J connectivity index is 2.04. The minimum Gasteiger partial charge on any atom is -0.456 e. The Labute approximate surface area is 106 Å². The van der Waals surface area contributed by atoms with E-state index in [1.165, 1.54) is 0 Å². The number of hydrazine groups is 1. The monoisotopic (exact) mass is 252 g/mol. The first kappa shape index (κ1) is 13.1. The molecule has 1 aromatic rings. The summed E-state index contributed by atoms with van der Waals surface area (Å²) in [4.78, 5) is 13.6. The van der Waals surface area contributed by atoms with Crippen LogP contribution in [-0.4, -0.2) is 29.9 Å². The lowest BCUT2D eigenvalue weighted by Crippen LogP contribution is -2.42. The fourth-order valence-corrected chi connectivity index (χ4v) is 2.34. The van der Waals surface area contributed by atoms with Gasteiger partial charge in [-0.25, -0.2) is 5.84 Å². The van der Waals surface area contributed by atoms with E-state index in [4.69, 9.17) is 16.0 Å². The van der Waals surface area contributed by atoms with Crippen LogP contribution in [-0.2, 0) is 6.54 Å². The lowest BCUT2D eigenvalue weighted by molar-refractivity contribution is 0.0924. The number of aryl methyl sites for hydroxylation is 1. The molecule has 0 radical (unpaired) electrons. The standard InChI is InChI=1S/C12H20N4O2/c1-8-9(5-11(18-8)12(17)15-14)6-16-4-2-3-10(13)7-16/h5,10H,2-4,6-7,13-14H2,1H3,(H,15,17). The first-order valence-electron chi connectivity index (χ1n) is 6.18. The normalized spacial score (nSPS) is 20.9. The summed E-state index contributed by atoms with van der Waals surface area (Å²) in [6.45, 7) is 4.55. The number of rotatable bonds is 3. The molecule has 1 aromatic heterocycles. The molecule has 6 heteroatoms. The molecule has 1 atom stereocenters. The van der Waals surface area contributed by atoms with Gasteiger partial charge in [-0.1, -0.05) is 0 Å². The van der Waals surface area contributed by atoms with Crippen molar-refractivity contribution < 1.29 is 9.21 Å². The second-order valence-corrected chi connectivity index (χ2v) is 4.80. The Morgan fingerprint density at radius 1 is 1.67 bits per heavy atom. The number of likely N-dealkylation sites (tertiary alicyclic amines) is 1. The molecule has 100 valence electrons. The zero-order valence-electron chi connectivity index (χ0n) is 10.6. The third-order valence-electron chi connectivity index (χ3n) is 3.31. The van der Waals surface area contributed by atoms with E-state index in [0.717, 1.165) is 43.8 Å². The number of nitrogens with zero attached hydrogens (tertiary/aromatic N) is 1. The molecule has 2 heterocycles. The van der Waals surface area contributed by atoms with Gasteiger partial charge in [0.25, 0.3) is 0 Å². The summed E-state index contributed by atoms with van der Waals surface area (Å²) in [5.74, 6) is 5.69. The maximum atomic E-state index is 11.4. The summed E-state index contributed by atoms with van der Waals surface area (Å²) in [5, 5.41) is 0. The predicted molar refractivity (Wildman–Crippen MR) is 67.6 cm³/mol. The van der Waals surface area contributed by atoms with E-state index in [-0.39, 0.29) is 11.8 Å². The Morgan fingerprint density at radius 3 is 3.11 bits per heavy atom.